The quantitative estimate of drug-likeness (QED) is 0.351. The van der Waals surface area contributed by atoms with Gasteiger partial charge in [0.15, 0.2) is 0 Å². The molecule has 0 aliphatic carbocycles. The lowest BCUT2D eigenvalue weighted by Crippen LogP contribution is -2.20. The van der Waals surface area contributed by atoms with Crippen molar-refractivity contribution in [1.29, 1.82) is 0 Å². The molecule has 0 bridgehead atoms. The predicted molar refractivity (Wildman–Crippen MR) is 129 cm³/mol. The van der Waals surface area contributed by atoms with Crippen molar-refractivity contribution in [3.63, 3.8) is 0 Å². The van der Waals surface area contributed by atoms with E-state index >= 15 is 0 Å². The molecule has 8 nitrogen and oxygen atoms in total. The van der Waals surface area contributed by atoms with E-state index < -0.39 is 20.0 Å². The Morgan fingerprint density at radius 3 is 1.94 bits per heavy atom. The Bertz CT molecular complexity index is 1330. The zero-order valence-electron chi connectivity index (χ0n) is 18.4. The number of nitrogens with one attached hydrogen (secondary N) is 2. The van der Waals surface area contributed by atoms with Crippen LogP contribution in [0.1, 0.15) is 25.0 Å². The van der Waals surface area contributed by atoms with Crippen molar-refractivity contribution in [2.45, 2.75) is 30.6 Å². The average Bonchev–Trinajstić information content (AvgIpc) is 2.79. The highest BCUT2D eigenvalue weighted by molar-refractivity contribution is 7.92. The van der Waals surface area contributed by atoms with Crippen molar-refractivity contribution in [1.82, 2.24) is 4.83 Å². The molecule has 0 atom stereocenters. The van der Waals surface area contributed by atoms with Crippen LogP contribution < -0.4 is 14.3 Å². The highest BCUT2D eigenvalue weighted by Crippen LogP contribution is 2.18. The second kappa shape index (κ2) is 10.1. The lowest BCUT2D eigenvalue weighted by Gasteiger charge is -2.10. The number of hydrogen-bond acceptors (Lipinski definition) is 6. The van der Waals surface area contributed by atoms with Crippen LogP contribution in [0.25, 0.3) is 0 Å². The molecule has 0 amide bonds. The number of hydrazone groups is 1. The first kappa shape index (κ1) is 24.3. The maximum atomic E-state index is 12.5. The lowest BCUT2D eigenvalue weighted by atomic mass is 10.1. The number of benzene rings is 3. The summed E-state index contributed by atoms with van der Waals surface area (Å²) in [4.78, 5) is 2.44. The second-order valence-corrected chi connectivity index (χ2v) is 10.5. The summed E-state index contributed by atoms with van der Waals surface area (Å²) in [5.74, 6) is 0.578. The minimum atomic E-state index is -3.85. The summed E-state index contributed by atoms with van der Waals surface area (Å²) in [5.41, 5.74) is 2.38. The fourth-order valence-electron chi connectivity index (χ4n) is 2.84. The monoisotopic (exact) mass is 487 g/mol. The molecular formula is C23H25N3O5S2. The fourth-order valence-corrected chi connectivity index (χ4v) is 4.75. The molecule has 3 aromatic rings. The topological polar surface area (TPSA) is 114 Å². The maximum absolute atomic E-state index is 12.5. The van der Waals surface area contributed by atoms with Gasteiger partial charge >= 0.3 is 0 Å². The maximum Gasteiger partial charge on any atom is 0.276 e. The SMILES string of the molecule is CCOc1ccc(S(=O)(=O)N/N=C(\C)c2ccc(NS(=O)(=O)c3ccc(C)cc3)cc2)cc1. The van der Waals surface area contributed by atoms with Crippen LogP contribution in [0, 0.1) is 6.92 Å². The molecule has 0 spiro atoms. The van der Waals surface area contributed by atoms with Crippen molar-refractivity contribution in [3.8, 4) is 5.75 Å². The molecule has 0 radical (unpaired) electrons. The first-order valence-electron chi connectivity index (χ1n) is 10.1. The molecule has 0 heterocycles. The highest BCUT2D eigenvalue weighted by Gasteiger charge is 2.15. The summed E-state index contributed by atoms with van der Waals surface area (Å²) >= 11 is 0. The lowest BCUT2D eigenvalue weighted by molar-refractivity contribution is 0.340. The molecule has 0 aliphatic heterocycles. The van der Waals surface area contributed by atoms with Gasteiger partial charge in [-0.15, -0.1) is 0 Å². The molecule has 33 heavy (non-hydrogen) atoms. The zero-order valence-corrected chi connectivity index (χ0v) is 20.1. The van der Waals surface area contributed by atoms with Crippen molar-refractivity contribution >= 4 is 31.4 Å². The van der Waals surface area contributed by atoms with E-state index in [1.165, 1.54) is 12.1 Å². The largest absolute Gasteiger partial charge is 0.494 e. The number of nitrogens with zero attached hydrogens (tertiary/aromatic N) is 1. The Morgan fingerprint density at radius 2 is 1.36 bits per heavy atom. The van der Waals surface area contributed by atoms with Gasteiger partial charge in [0, 0.05) is 5.69 Å². The molecule has 0 aliphatic rings. The molecule has 174 valence electrons. The summed E-state index contributed by atoms with van der Waals surface area (Å²) < 4.78 is 57.8. The predicted octanol–water partition coefficient (Wildman–Crippen LogP) is 3.90. The standard InChI is InChI=1S/C23H25N3O5S2/c1-4-31-21-11-15-23(16-12-21)33(29,30)26-24-18(3)19-7-9-20(10-8-19)25-32(27,28)22-13-5-17(2)6-14-22/h5-16,25-26H,4H2,1-3H3/b24-18+. The Balaban J connectivity index is 1.69. The molecule has 0 unspecified atom stereocenters. The van der Waals surface area contributed by atoms with Crippen LogP contribution in [0.4, 0.5) is 5.69 Å². The molecule has 0 saturated carbocycles. The van der Waals surface area contributed by atoms with Gasteiger partial charge in [-0.2, -0.15) is 18.4 Å². The van der Waals surface area contributed by atoms with Gasteiger partial charge in [0.2, 0.25) is 0 Å². The van der Waals surface area contributed by atoms with Gasteiger partial charge in [-0.3, -0.25) is 4.72 Å². The van der Waals surface area contributed by atoms with Crippen molar-refractivity contribution < 1.29 is 21.6 Å². The van der Waals surface area contributed by atoms with E-state index in [0.717, 1.165) is 5.56 Å². The van der Waals surface area contributed by atoms with E-state index in [9.17, 15) is 16.8 Å². The third-order valence-corrected chi connectivity index (χ3v) is 7.29. The van der Waals surface area contributed by atoms with Crippen LogP contribution in [0.5, 0.6) is 5.75 Å². The number of anilines is 1. The average molecular weight is 488 g/mol. The van der Waals surface area contributed by atoms with Crippen molar-refractivity contribution in [3.05, 3.63) is 83.9 Å². The van der Waals surface area contributed by atoms with Crippen LogP contribution in [0.2, 0.25) is 0 Å². The van der Waals surface area contributed by atoms with Crippen molar-refractivity contribution in [2.75, 3.05) is 11.3 Å². The van der Waals surface area contributed by atoms with E-state index in [0.29, 0.717) is 29.3 Å². The van der Waals surface area contributed by atoms with E-state index in [-0.39, 0.29) is 9.79 Å². The molecule has 10 heteroatoms. The normalized spacial score (nSPS) is 12.3. The minimum absolute atomic E-state index is 0.0587. The highest BCUT2D eigenvalue weighted by atomic mass is 32.2. The van der Waals surface area contributed by atoms with Gasteiger partial charge < -0.3 is 4.74 Å². The summed E-state index contributed by atoms with van der Waals surface area (Å²) in [7, 11) is -7.56. The van der Waals surface area contributed by atoms with Crippen molar-refractivity contribution in [2.24, 2.45) is 5.10 Å². The number of ether oxygens (including phenoxy) is 1. The van der Waals surface area contributed by atoms with Crippen LogP contribution in [0.3, 0.4) is 0 Å². The first-order chi connectivity index (χ1) is 15.6. The second-order valence-electron chi connectivity index (χ2n) is 7.19. The molecule has 3 aromatic carbocycles. The van der Waals surface area contributed by atoms with Crippen LogP contribution in [-0.2, 0) is 20.0 Å². The summed E-state index contributed by atoms with van der Waals surface area (Å²) in [6, 6.07) is 19.0. The van der Waals surface area contributed by atoms with Gasteiger partial charge in [0.05, 0.1) is 22.1 Å². The molecule has 0 fully saturated rings. The smallest absolute Gasteiger partial charge is 0.276 e. The van der Waals surface area contributed by atoms with Gasteiger partial charge in [-0.25, -0.2) is 8.42 Å². The van der Waals surface area contributed by atoms with Gasteiger partial charge in [0.1, 0.15) is 5.75 Å². The number of hydrogen-bond donors (Lipinski definition) is 2. The first-order valence-corrected chi connectivity index (χ1v) is 13.1. The Labute approximate surface area is 194 Å². The summed E-state index contributed by atoms with van der Waals surface area (Å²) in [5, 5.41) is 3.97. The number of rotatable bonds is 9. The Hall–Kier alpha value is -3.37. The van der Waals surface area contributed by atoms with E-state index in [1.54, 1.807) is 67.6 Å². The van der Waals surface area contributed by atoms with Gasteiger partial charge in [-0.05, 0) is 74.9 Å². The van der Waals surface area contributed by atoms with E-state index in [1.807, 2.05) is 13.8 Å². The molecular weight excluding hydrogens is 462 g/mol. The van der Waals surface area contributed by atoms with Crippen LogP contribution in [0.15, 0.2) is 87.7 Å². The van der Waals surface area contributed by atoms with Crippen LogP contribution >= 0.6 is 0 Å². The Kier molecular flexibility index (Phi) is 7.39. The fraction of sp³-hybridized carbons (Fsp3) is 0.174. The molecule has 3 rings (SSSR count). The third kappa shape index (κ3) is 6.33. The molecule has 0 aromatic heterocycles. The summed E-state index contributed by atoms with van der Waals surface area (Å²) in [6.45, 7) is 5.85. The van der Waals surface area contributed by atoms with Gasteiger partial charge in [-0.1, -0.05) is 29.8 Å². The van der Waals surface area contributed by atoms with E-state index in [2.05, 4.69) is 14.7 Å². The van der Waals surface area contributed by atoms with E-state index in [4.69, 9.17) is 4.74 Å². The van der Waals surface area contributed by atoms with Gasteiger partial charge in [0.25, 0.3) is 20.0 Å². The third-order valence-electron chi connectivity index (χ3n) is 4.66. The molecule has 2 N–H and O–H groups in total. The Morgan fingerprint density at radius 1 is 0.818 bits per heavy atom. The summed E-state index contributed by atoms with van der Waals surface area (Å²) in [6.07, 6.45) is 0. The number of sulfonamides is 2. The van der Waals surface area contributed by atoms with Crippen LogP contribution in [-0.4, -0.2) is 29.2 Å². The molecule has 0 saturated heterocycles. The zero-order chi connectivity index (χ0) is 24.1. The minimum Gasteiger partial charge on any atom is -0.494 e. The number of aryl methyl sites for hydroxylation is 1.